The van der Waals surface area contributed by atoms with Gasteiger partial charge in [0.15, 0.2) is 0 Å². The van der Waals surface area contributed by atoms with Gasteiger partial charge in [0.05, 0.1) is 15.3 Å². The molecule has 7 heteroatoms. The molecule has 22 heavy (non-hydrogen) atoms. The number of halogens is 2. The lowest BCUT2D eigenvalue weighted by molar-refractivity contribution is -0.132. The number of rotatable bonds is 4. The van der Waals surface area contributed by atoms with Crippen molar-refractivity contribution in [3.8, 4) is 0 Å². The summed E-state index contributed by atoms with van der Waals surface area (Å²) in [5, 5.41) is 0.673. The van der Waals surface area contributed by atoms with Gasteiger partial charge in [0.2, 0.25) is 5.91 Å². The second kappa shape index (κ2) is 7.20. The first-order valence-corrected chi connectivity index (χ1v) is 9.89. The molecule has 2 rings (SSSR count). The van der Waals surface area contributed by atoms with E-state index in [9.17, 15) is 13.2 Å². The Morgan fingerprint density at radius 3 is 2.41 bits per heavy atom. The Labute approximate surface area is 141 Å². The maximum atomic E-state index is 12.2. The molecule has 0 N–H and O–H groups in total. The van der Waals surface area contributed by atoms with Crippen molar-refractivity contribution in [1.82, 2.24) is 4.90 Å². The zero-order chi connectivity index (χ0) is 16.3. The minimum atomic E-state index is -3.00. The predicted octanol–water partition coefficient (Wildman–Crippen LogP) is 2.96. The Kier molecular flexibility index (Phi) is 5.75. The molecule has 0 bridgehead atoms. The SMILES string of the molecule is CS(=O)(=O)C1CCN(C(=O)CCc2ccc(Cl)c(Cl)c2)CC1. The number of likely N-dealkylation sites (tertiary alicyclic amines) is 1. The molecule has 0 saturated carbocycles. The Bertz CT molecular complexity index is 653. The van der Waals surface area contributed by atoms with Crippen LogP contribution in [0.4, 0.5) is 0 Å². The number of benzene rings is 1. The van der Waals surface area contributed by atoms with Crippen LogP contribution in [0.5, 0.6) is 0 Å². The number of nitrogens with zero attached hydrogens (tertiary/aromatic N) is 1. The average molecular weight is 364 g/mol. The topological polar surface area (TPSA) is 54.5 Å². The van der Waals surface area contributed by atoms with Gasteiger partial charge in [-0.1, -0.05) is 29.3 Å². The first-order valence-electron chi connectivity index (χ1n) is 7.18. The number of carbonyl (C=O) groups excluding carboxylic acids is 1. The van der Waals surface area contributed by atoms with Crippen LogP contribution in [0.2, 0.25) is 10.0 Å². The molecule has 1 aliphatic heterocycles. The maximum Gasteiger partial charge on any atom is 0.222 e. The van der Waals surface area contributed by atoms with Gasteiger partial charge in [0.25, 0.3) is 0 Å². The van der Waals surface area contributed by atoms with E-state index < -0.39 is 9.84 Å². The minimum absolute atomic E-state index is 0.0537. The Morgan fingerprint density at radius 1 is 1.23 bits per heavy atom. The van der Waals surface area contributed by atoms with Crippen LogP contribution in [-0.4, -0.2) is 43.8 Å². The molecular formula is C15H19Cl2NO3S. The van der Waals surface area contributed by atoms with E-state index in [-0.39, 0.29) is 11.2 Å². The van der Waals surface area contributed by atoms with Crippen molar-refractivity contribution in [2.24, 2.45) is 0 Å². The van der Waals surface area contributed by atoms with Crippen molar-refractivity contribution < 1.29 is 13.2 Å². The average Bonchev–Trinajstić information content (AvgIpc) is 2.47. The molecule has 1 heterocycles. The molecule has 0 radical (unpaired) electrons. The third-order valence-corrected chi connectivity index (χ3v) is 6.43. The largest absolute Gasteiger partial charge is 0.343 e. The molecule has 1 aromatic carbocycles. The number of hydrogen-bond donors (Lipinski definition) is 0. The molecule has 1 aromatic rings. The molecule has 0 unspecified atom stereocenters. The fourth-order valence-corrected chi connectivity index (χ4v) is 4.03. The first-order chi connectivity index (χ1) is 10.3. The van der Waals surface area contributed by atoms with Gasteiger partial charge in [0, 0.05) is 25.8 Å². The van der Waals surface area contributed by atoms with Crippen LogP contribution in [0.15, 0.2) is 18.2 Å². The quantitative estimate of drug-likeness (QED) is 0.826. The van der Waals surface area contributed by atoms with E-state index in [2.05, 4.69) is 0 Å². The molecule has 1 saturated heterocycles. The van der Waals surface area contributed by atoms with Gasteiger partial charge < -0.3 is 4.90 Å². The summed E-state index contributed by atoms with van der Waals surface area (Å²) >= 11 is 11.8. The molecule has 1 amide bonds. The van der Waals surface area contributed by atoms with Gasteiger partial charge in [-0.05, 0) is 37.0 Å². The van der Waals surface area contributed by atoms with Crippen molar-refractivity contribution in [3.05, 3.63) is 33.8 Å². The van der Waals surface area contributed by atoms with E-state index in [4.69, 9.17) is 23.2 Å². The van der Waals surface area contributed by atoms with Gasteiger partial charge >= 0.3 is 0 Å². The van der Waals surface area contributed by atoms with Crippen molar-refractivity contribution in [3.63, 3.8) is 0 Å². The van der Waals surface area contributed by atoms with Crippen LogP contribution < -0.4 is 0 Å². The minimum Gasteiger partial charge on any atom is -0.343 e. The molecule has 0 atom stereocenters. The summed E-state index contributed by atoms with van der Waals surface area (Å²) in [6.45, 7) is 1.02. The van der Waals surface area contributed by atoms with Gasteiger partial charge in [-0.3, -0.25) is 4.79 Å². The van der Waals surface area contributed by atoms with E-state index in [1.807, 2.05) is 6.07 Å². The van der Waals surface area contributed by atoms with E-state index in [1.54, 1.807) is 17.0 Å². The molecule has 1 aliphatic rings. The monoisotopic (exact) mass is 363 g/mol. The first kappa shape index (κ1) is 17.6. The normalized spacial score (nSPS) is 16.8. The zero-order valence-corrected chi connectivity index (χ0v) is 14.7. The highest BCUT2D eigenvalue weighted by atomic mass is 35.5. The van der Waals surface area contributed by atoms with Gasteiger partial charge in [-0.15, -0.1) is 0 Å². The lowest BCUT2D eigenvalue weighted by atomic mass is 10.1. The number of carbonyl (C=O) groups is 1. The maximum absolute atomic E-state index is 12.2. The summed E-state index contributed by atoms with van der Waals surface area (Å²) in [7, 11) is -3.00. The summed E-state index contributed by atoms with van der Waals surface area (Å²) < 4.78 is 23.0. The lowest BCUT2D eigenvalue weighted by Gasteiger charge is -2.31. The Balaban J connectivity index is 1.85. The van der Waals surface area contributed by atoms with Crippen LogP contribution >= 0.6 is 23.2 Å². The number of amides is 1. The van der Waals surface area contributed by atoms with Gasteiger partial charge in [-0.25, -0.2) is 8.42 Å². The van der Waals surface area contributed by atoms with Crippen LogP contribution in [-0.2, 0) is 21.1 Å². The second-order valence-electron chi connectivity index (χ2n) is 5.66. The highest BCUT2D eigenvalue weighted by Crippen LogP contribution is 2.23. The van der Waals surface area contributed by atoms with Gasteiger partial charge in [-0.2, -0.15) is 0 Å². The summed E-state index contributed by atoms with van der Waals surface area (Å²) in [5.74, 6) is 0.0537. The fourth-order valence-electron chi connectivity index (χ4n) is 2.64. The highest BCUT2D eigenvalue weighted by molar-refractivity contribution is 7.91. The lowest BCUT2D eigenvalue weighted by Crippen LogP contribution is -2.42. The predicted molar refractivity (Wildman–Crippen MR) is 89.2 cm³/mol. The van der Waals surface area contributed by atoms with Crippen LogP contribution in [0.25, 0.3) is 0 Å². The molecule has 122 valence electrons. The standard InChI is InChI=1S/C15H19Cl2NO3S/c1-22(20,21)12-6-8-18(9-7-12)15(19)5-3-11-2-4-13(16)14(17)10-11/h2,4,10,12H,3,5-9H2,1H3. The van der Waals surface area contributed by atoms with E-state index in [1.165, 1.54) is 6.26 Å². The molecule has 0 spiro atoms. The molecule has 0 aromatic heterocycles. The van der Waals surface area contributed by atoms with Crippen molar-refractivity contribution in [2.75, 3.05) is 19.3 Å². The summed E-state index contributed by atoms with van der Waals surface area (Å²) in [4.78, 5) is 13.9. The fraction of sp³-hybridized carbons (Fsp3) is 0.533. The van der Waals surface area contributed by atoms with Crippen LogP contribution in [0, 0.1) is 0 Å². The smallest absolute Gasteiger partial charge is 0.222 e. The summed E-state index contributed by atoms with van der Waals surface area (Å²) in [6.07, 6.45) is 3.30. The third-order valence-electron chi connectivity index (χ3n) is 4.01. The van der Waals surface area contributed by atoms with Crippen molar-refractivity contribution in [1.29, 1.82) is 0 Å². The van der Waals surface area contributed by atoms with Crippen molar-refractivity contribution >= 4 is 38.9 Å². The van der Waals surface area contributed by atoms with E-state index in [0.717, 1.165) is 5.56 Å². The summed E-state index contributed by atoms with van der Waals surface area (Å²) in [5.41, 5.74) is 0.966. The molecule has 1 fully saturated rings. The zero-order valence-electron chi connectivity index (χ0n) is 12.4. The van der Waals surface area contributed by atoms with Gasteiger partial charge in [0.1, 0.15) is 9.84 Å². The van der Waals surface area contributed by atoms with E-state index in [0.29, 0.717) is 48.8 Å². The number of aryl methyl sites for hydroxylation is 1. The van der Waals surface area contributed by atoms with Crippen molar-refractivity contribution in [2.45, 2.75) is 30.9 Å². The molecule has 4 nitrogen and oxygen atoms in total. The molecule has 0 aliphatic carbocycles. The number of sulfone groups is 1. The number of hydrogen-bond acceptors (Lipinski definition) is 3. The second-order valence-corrected chi connectivity index (χ2v) is 8.80. The summed E-state index contributed by atoms with van der Waals surface area (Å²) in [6, 6.07) is 5.35. The highest BCUT2D eigenvalue weighted by Gasteiger charge is 2.28. The van der Waals surface area contributed by atoms with Crippen LogP contribution in [0.1, 0.15) is 24.8 Å². The molecular weight excluding hydrogens is 345 g/mol. The van der Waals surface area contributed by atoms with E-state index >= 15 is 0 Å². The number of piperidine rings is 1. The third kappa shape index (κ3) is 4.61. The Hall–Kier alpha value is -0.780. The Morgan fingerprint density at radius 2 is 1.86 bits per heavy atom. The van der Waals surface area contributed by atoms with Crippen LogP contribution in [0.3, 0.4) is 0 Å².